The Morgan fingerprint density at radius 3 is 2.57 bits per heavy atom. The molecule has 0 radical (unpaired) electrons. The maximum atomic E-state index is 13.9. The minimum absolute atomic E-state index is 0.126. The van der Waals surface area contributed by atoms with Crippen LogP contribution >= 0.6 is 0 Å². The Bertz CT molecular complexity index is 617. The Labute approximate surface area is 119 Å². The van der Waals surface area contributed by atoms with Crippen LogP contribution in [0.1, 0.15) is 25.0 Å². The first-order valence-electron chi connectivity index (χ1n) is 6.42. The fourth-order valence-corrected chi connectivity index (χ4v) is 1.84. The van der Waals surface area contributed by atoms with Gasteiger partial charge in [0.1, 0.15) is 5.82 Å². The molecule has 114 valence electrons. The molecule has 0 aliphatic rings. The van der Waals surface area contributed by atoms with Gasteiger partial charge in [-0.2, -0.15) is 18.3 Å². The standard InChI is InChI=1S/C14H15F4N3/c1-9(2)19-7-11-12(15)4-3-5-13(11)21-8-10(6-20-21)14(16,17)18/h3-6,8-9,19H,7H2,1-2H3. The molecule has 1 aromatic heterocycles. The average molecular weight is 301 g/mol. The van der Waals surface area contributed by atoms with E-state index in [-0.39, 0.29) is 18.2 Å². The summed E-state index contributed by atoms with van der Waals surface area (Å²) in [5.41, 5.74) is -0.295. The van der Waals surface area contributed by atoms with Crippen LogP contribution in [0, 0.1) is 5.82 Å². The summed E-state index contributed by atoms with van der Waals surface area (Å²) in [6.45, 7) is 4.01. The quantitative estimate of drug-likeness (QED) is 0.876. The van der Waals surface area contributed by atoms with Gasteiger partial charge >= 0.3 is 6.18 Å². The molecule has 3 nitrogen and oxygen atoms in total. The second kappa shape index (κ2) is 5.85. The van der Waals surface area contributed by atoms with Gasteiger partial charge in [-0.15, -0.1) is 0 Å². The number of benzene rings is 1. The molecule has 0 atom stereocenters. The van der Waals surface area contributed by atoms with Crippen molar-refractivity contribution in [1.82, 2.24) is 15.1 Å². The van der Waals surface area contributed by atoms with Gasteiger partial charge in [0.15, 0.2) is 0 Å². The van der Waals surface area contributed by atoms with Crippen LogP contribution in [-0.2, 0) is 12.7 Å². The number of rotatable bonds is 4. The highest BCUT2D eigenvalue weighted by molar-refractivity contribution is 5.41. The van der Waals surface area contributed by atoms with Crippen LogP contribution in [0.15, 0.2) is 30.6 Å². The highest BCUT2D eigenvalue weighted by Gasteiger charge is 2.32. The molecule has 1 N–H and O–H groups in total. The number of hydrogen-bond donors (Lipinski definition) is 1. The summed E-state index contributed by atoms with van der Waals surface area (Å²) in [5.74, 6) is -0.482. The van der Waals surface area contributed by atoms with Gasteiger partial charge in [-0.3, -0.25) is 0 Å². The zero-order chi connectivity index (χ0) is 15.6. The number of nitrogens with zero attached hydrogens (tertiary/aromatic N) is 2. The van der Waals surface area contributed by atoms with E-state index in [1.807, 2.05) is 13.8 Å². The first kappa shape index (κ1) is 15.5. The van der Waals surface area contributed by atoms with Crippen LogP contribution < -0.4 is 5.32 Å². The molecule has 0 bridgehead atoms. The summed E-state index contributed by atoms with van der Waals surface area (Å²) >= 11 is 0. The third-order valence-corrected chi connectivity index (χ3v) is 2.94. The van der Waals surface area contributed by atoms with E-state index in [4.69, 9.17) is 0 Å². The summed E-state index contributed by atoms with van der Waals surface area (Å²) < 4.78 is 52.8. The van der Waals surface area contributed by atoms with Crippen LogP contribution in [0.2, 0.25) is 0 Å². The van der Waals surface area contributed by atoms with Crippen molar-refractivity contribution < 1.29 is 17.6 Å². The summed E-state index contributed by atoms with van der Waals surface area (Å²) in [5, 5.41) is 6.73. The fourth-order valence-electron chi connectivity index (χ4n) is 1.84. The largest absolute Gasteiger partial charge is 0.419 e. The van der Waals surface area contributed by atoms with E-state index < -0.39 is 17.6 Å². The molecule has 2 aromatic rings. The van der Waals surface area contributed by atoms with Crippen molar-refractivity contribution in [3.05, 3.63) is 47.5 Å². The second-order valence-electron chi connectivity index (χ2n) is 4.94. The molecule has 0 fully saturated rings. The molecule has 1 aromatic carbocycles. The molecule has 0 saturated heterocycles. The number of nitrogens with one attached hydrogen (secondary N) is 1. The Morgan fingerprint density at radius 2 is 2.00 bits per heavy atom. The smallest absolute Gasteiger partial charge is 0.310 e. The van der Waals surface area contributed by atoms with Crippen molar-refractivity contribution in [3.8, 4) is 5.69 Å². The van der Waals surface area contributed by atoms with Crippen LogP contribution in [0.3, 0.4) is 0 Å². The first-order valence-corrected chi connectivity index (χ1v) is 6.42. The lowest BCUT2D eigenvalue weighted by molar-refractivity contribution is -0.137. The maximum Gasteiger partial charge on any atom is 0.419 e. The fraction of sp³-hybridized carbons (Fsp3) is 0.357. The van der Waals surface area contributed by atoms with Crippen LogP contribution in [0.4, 0.5) is 17.6 Å². The summed E-state index contributed by atoms with van der Waals surface area (Å²) in [7, 11) is 0. The predicted octanol–water partition coefficient (Wildman–Crippen LogP) is 3.53. The Morgan fingerprint density at radius 1 is 1.29 bits per heavy atom. The number of halogens is 4. The van der Waals surface area contributed by atoms with Gasteiger partial charge in [0, 0.05) is 24.3 Å². The van der Waals surface area contributed by atoms with E-state index in [0.717, 1.165) is 17.1 Å². The molecule has 2 rings (SSSR count). The third kappa shape index (κ3) is 3.60. The van der Waals surface area contributed by atoms with Gasteiger partial charge in [0.05, 0.1) is 17.4 Å². The zero-order valence-electron chi connectivity index (χ0n) is 11.6. The second-order valence-corrected chi connectivity index (χ2v) is 4.94. The molecule has 0 unspecified atom stereocenters. The average Bonchev–Trinajstić information content (AvgIpc) is 2.86. The van der Waals surface area contributed by atoms with Gasteiger partial charge in [0.25, 0.3) is 0 Å². The van der Waals surface area contributed by atoms with Crippen molar-refractivity contribution in [2.75, 3.05) is 0 Å². The van der Waals surface area contributed by atoms with Crippen molar-refractivity contribution >= 4 is 0 Å². The van der Waals surface area contributed by atoms with Crippen LogP contribution in [0.5, 0.6) is 0 Å². The van der Waals surface area contributed by atoms with Gasteiger partial charge in [-0.25, -0.2) is 9.07 Å². The molecule has 21 heavy (non-hydrogen) atoms. The Kier molecular flexibility index (Phi) is 4.32. The van der Waals surface area contributed by atoms with Crippen LogP contribution in [-0.4, -0.2) is 15.8 Å². The molecular weight excluding hydrogens is 286 g/mol. The molecule has 0 aliphatic heterocycles. The molecule has 0 amide bonds. The lowest BCUT2D eigenvalue weighted by Crippen LogP contribution is -2.23. The molecule has 1 heterocycles. The number of alkyl halides is 3. The molecule has 0 saturated carbocycles. The number of aromatic nitrogens is 2. The normalized spacial score (nSPS) is 12.1. The molecule has 0 spiro atoms. The van der Waals surface area contributed by atoms with Crippen molar-refractivity contribution in [2.24, 2.45) is 0 Å². The van der Waals surface area contributed by atoms with E-state index in [1.54, 1.807) is 0 Å². The Balaban J connectivity index is 2.39. The van der Waals surface area contributed by atoms with E-state index in [2.05, 4.69) is 10.4 Å². The minimum Gasteiger partial charge on any atom is -0.310 e. The molecule has 7 heteroatoms. The predicted molar refractivity (Wildman–Crippen MR) is 70.5 cm³/mol. The summed E-state index contributed by atoms with van der Waals surface area (Å²) in [6.07, 6.45) is -2.89. The van der Waals surface area contributed by atoms with Crippen molar-refractivity contribution in [1.29, 1.82) is 0 Å². The molecular formula is C14H15F4N3. The summed E-state index contributed by atoms with van der Waals surface area (Å²) in [4.78, 5) is 0. The van der Waals surface area contributed by atoms with E-state index in [1.165, 1.54) is 18.2 Å². The lowest BCUT2D eigenvalue weighted by Gasteiger charge is -2.13. The lowest BCUT2D eigenvalue weighted by atomic mass is 10.1. The van der Waals surface area contributed by atoms with E-state index in [9.17, 15) is 17.6 Å². The SMILES string of the molecule is CC(C)NCc1c(F)cccc1-n1cc(C(F)(F)F)cn1. The molecule has 0 aliphatic carbocycles. The van der Waals surface area contributed by atoms with Gasteiger partial charge in [0.2, 0.25) is 0 Å². The highest BCUT2D eigenvalue weighted by Crippen LogP contribution is 2.29. The Hall–Kier alpha value is -1.89. The van der Waals surface area contributed by atoms with Gasteiger partial charge in [-0.05, 0) is 12.1 Å². The third-order valence-electron chi connectivity index (χ3n) is 2.94. The van der Waals surface area contributed by atoms with Gasteiger partial charge < -0.3 is 5.32 Å². The highest BCUT2D eigenvalue weighted by atomic mass is 19.4. The topological polar surface area (TPSA) is 29.9 Å². The monoisotopic (exact) mass is 301 g/mol. The minimum atomic E-state index is -4.47. The summed E-state index contributed by atoms with van der Waals surface area (Å²) in [6, 6.07) is 4.38. The first-order chi connectivity index (χ1) is 9.79. The van der Waals surface area contributed by atoms with Crippen molar-refractivity contribution in [2.45, 2.75) is 32.6 Å². The van der Waals surface area contributed by atoms with E-state index >= 15 is 0 Å². The number of hydrogen-bond acceptors (Lipinski definition) is 2. The van der Waals surface area contributed by atoms with Gasteiger partial charge in [-0.1, -0.05) is 19.9 Å². The maximum absolute atomic E-state index is 13.9. The van der Waals surface area contributed by atoms with Crippen molar-refractivity contribution in [3.63, 3.8) is 0 Å². The van der Waals surface area contributed by atoms with Crippen LogP contribution in [0.25, 0.3) is 5.69 Å². The van der Waals surface area contributed by atoms with E-state index in [0.29, 0.717) is 5.69 Å². The zero-order valence-corrected chi connectivity index (χ0v) is 11.6.